The van der Waals surface area contributed by atoms with Crippen LogP contribution < -0.4 is 11.1 Å². The van der Waals surface area contributed by atoms with Gasteiger partial charge in [-0.3, -0.25) is 19.1 Å². The van der Waals surface area contributed by atoms with Crippen LogP contribution in [-0.4, -0.2) is 32.3 Å². The molecule has 6 nitrogen and oxygen atoms in total. The fourth-order valence-electron chi connectivity index (χ4n) is 5.27. The van der Waals surface area contributed by atoms with Crippen molar-refractivity contribution in [2.45, 2.75) is 58.7 Å². The van der Waals surface area contributed by atoms with E-state index < -0.39 is 5.56 Å². The van der Waals surface area contributed by atoms with Gasteiger partial charge in [0.1, 0.15) is 5.82 Å². The summed E-state index contributed by atoms with van der Waals surface area (Å²) in [7, 11) is 0. The Labute approximate surface area is 164 Å². The van der Waals surface area contributed by atoms with Gasteiger partial charge in [0, 0.05) is 44.6 Å². The van der Waals surface area contributed by atoms with Crippen LogP contribution in [0.5, 0.6) is 0 Å². The average molecular weight is 380 g/mol. The smallest absolute Gasteiger partial charge is 0.298 e. The number of hydrogen-bond acceptors (Lipinski definition) is 4. The molecule has 5 rings (SSSR count). The number of hydrogen-bond donors (Lipinski definition) is 0. The molecule has 1 aliphatic carbocycles. The number of fused-ring (bicyclic) bond motifs is 3. The van der Waals surface area contributed by atoms with Crippen LogP contribution in [0.4, 0.5) is 0 Å². The largest absolute Gasteiger partial charge is 0.332 e. The van der Waals surface area contributed by atoms with Crippen LogP contribution in [0.1, 0.15) is 47.7 Å². The quantitative estimate of drug-likeness (QED) is 0.762. The summed E-state index contributed by atoms with van der Waals surface area (Å²) in [4.78, 5) is 27.5. The van der Waals surface area contributed by atoms with Crippen LogP contribution >= 0.6 is 0 Å². The summed E-state index contributed by atoms with van der Waals surface area (Å²) in [5, 5.41) is 4.69. The van der Waals surface area contributed by atoms with E-state index in [0.717, 1.165) is 38.3 Å². The van der Waals surface area contributed by atoms with E-state index in [-0.39, 0.29) is 11.5 Å². The molecule has 0 unspecified atom stereocenters. The SMILES string of the molecule is Cc1cc(C)cc(CN2C[C@H]3Cn4c(nn(CC5CCC5)c(=O)c4=O)[C@@H]3C2)c1. The van der Waals surface area contributed by atoms with Gasteiger partial charge in [-0.05, 0) is 38.2 Å². The van der Waals surface area contributed by atoms with Crippen LogP contribution in [0.3, 0.4) is 0 Å². The van der Waals surface area contributed by atoms with Crippen molar-refractivity contribution in [2.24, 2.45) is 11.8 Å². The Morgan fingerprint density at radius 1 is 1.00 bits per heavy atom. The molecule has 148 valence electrons. The van der Waals surface area contributed by atoms with Crippen molar-refractivity contribution < 1.29 is 0 Å². The summed E-state index contributed by atoms with van der Waals surface area (Å²) in [5.74, 6) is 1.98. The molecule has 0 amide bonds. The molecular weight excluding hydrogens is 352 g/mol. The minimum Gasteiger partial charge on any atom is -0.298 e. The van der Waals surface area contributed by atoms with Crippen LogP contribution in [0, 0.1) is 25.7 Å². The first kappa shape index (κ1) is 17.9. The topological polar surface area (TPSA) is 60.1 Å². The maximum atomic E-state index is 12.6. The summed E-state index contributed by atoms with van der Waals surface area (Å²) >= 11 is 0. The van der Waals surface area contributed by atoms with E-state index in [2.05, 4.69) is 42.0 Å². The van der Waals surface area contributed by atoms with Crippen molar-refractivity contribution in [2.75, 3.05) is 13.1 Å². The number of aryl methyl sites for hydroxylation is 2. The van der Waals surface area contributed by atoms with Gasteiger partial charge in [0.2, 0.25) is 0 Å². The lowest BCUT2D eigenvalue weighted by Crippen LogP contribution is -2.45. The summed E-state index contributed by atoms with van der Waals surface area (Å²) < 4.78 is 3.12. The van der Waals surface area contributed by atoms with E-state index in [1.165, 1.54) is 27.8 Å². The molecule has 1 aromatic heterocycles. The van der Waals surface area contributed by atoms with Gasteiger partial charge in [-0.2, -0.15) is 5.10 Å². The Morgan fingerprint density at radius 2 is 1.75 bits per heavy atom. The molecule has 3 heterocycles. The first-order chi connectivity index (χ1) is 13.5. The zero-order valence-corrected chi connectivity index (χ0v) is 16.7. The lowest BCUT2D eigenvalue weighted by atomic mass is 9.85. The molecule has 0 radical (unpaired) electrons. The lowest BCUT2D eigenvalue weighted by Gasteiger charge is -2.25. The molecular formula is C22H28N4O2. The van der Waals surface area contributed by atoms with Gasteiger partial charge in [0.25, 0.3) is 0 Å². The lowest BCUT2D eigenvalue weighted by molar-refractivity contribution is 0.256. The van der Waals surface area contributed by atoms with Gasteiger partial charge in [0.15, 0.2) is 0 Å². The van der Waals surface area contributed by atoms with E-state index in [9.17, 15) is 9.59 Å². The Bertz CT molecular complexity index is 1010. The molecule has 28 heavy (non-hydrogen) atoms. The highest BCUT2D eigenvalue weighted by Crippen LogP contribution is 2.37. The zero-order chi connectivity index (χ0) is 19.4. The predicted molar refractivity (Wildman–Crippen MR) is 108 cm³/mol. The second-order valence-corrected chi connectivity index (χ2v) is 9.11. The maximum absolute atomic E-state index is 12.6. The molecule has 0 bridgehead atoms. The Morgan fingerprint density at radius 3 is 2.43 bits per heavy atom. The van der Waals surface area contributed by atoms with Gasteiger partial charge in [-0.15, -0.1) is 0 Å². The van der Waals surface area contributed by atoms with Crippen molar-refractivity contribution in [1.29, 1.82) is 0 Å². The first-order valence-corrected chi connectivity index (χ1v) is 10.5. The van der Waals surface area contributed by atoms with Crippen molar-refractivity contribution >= 4 is 0 Å². The zero-order valence-electron chi connectivity index (χ0n) is 16.7. The predicted octanol–water partition coefficient (Wildman–Crippen LogP) is 2.05. The molecule has 1 saturated heterocycles. The molecule has 1 aromatic carbocycles. The Hall–Kier alpha value is -2.21. The van der Waals surface area contributed by atoms with E-state index in [1.807, 2.05) is 0 Å². The molecule has 6 heteroatoms. The Kier molecular flexibility index (Phi) is 4.27. The normalized spacial score (nSPS) is 24.2. The van der Waals surface area contributed by atoms with E-state index in [1.54, 1.807) is 4.57 Å². The van der Waals surface area contributed by atoms with E-state index in [0.29, 0.717) is 24.9 Å². The van der Waals surface area contributed by atoms with Crippen molar-refractivity contribution in [3.8, 4) is 0 Å². The highest BCUT2D eigenvalue weighted by atomic mass is 16.2. The minimum absolute atomic E-state index is 0.256. The number of rotatable bonds is 4. The van der Waals surface area contributed by atoms with Gasteiger partial charge in [-0.1, -0.05) is 35.7 Å². The Balaban J connectivity index is 1.38. The summed E-state index contributed by atoms with van der Waals surface area (Å²) in [6.07, 6.45) is 3.51. The maximum Gasteiger partial charge on any atom is 0.332 e. The van der Waals surface area contributed by atoms with Crippen molar-refractivity contribution in [3.05, 3.63) is 61.4 Å². The molecule has 0 N–H and O–H groups in total. The first-order valence-electron chi connectivity index (χ1n) is 10.5. The van der Waals surface area contributed by atoms with Gasteiger partial charge < -0.3 is 0 Å². The summed E-state index contributed by atoms with van der Waals surface area (Å²) in [6, 6.07) is 6.72. The third-order valence-corrected chi connectivity index (χ3v) is 6.77. The number of aromatic nitrogens is 3. The molecule has 1 saturated carbocycles. The van der Waals surface area contributed by atoms with Gasteiger partial charge in [-0.25, -0.2) is 4.68 Å². The third-order valence-electron chi connectivity index (χ3n) is 6.77. The molecule has 0 spiro atoms. The van der Waals surface area contributed by atoms with Crippen LogP contribution in [0.15, 0.2) is 27.8 Å². The van der Waals surface area contributed by atoms with Gasteiger partial charge in [0.05, 0.1) is 0 Å². The molecule has 2 fully saturated rings. The fraction of sp³-hybridized carbons (Fsp3) is 0.591. The van der Waals surface area contributed by atoms with Crippen molar-refractivity contribution in [1.82, 2.24) is 19.2 Å². The summed E-state index contributed by atoms with van der Waals surface area (Å²) in [6.45, 7) is 8.32. The van der Waals surface area contributed by atoms with E-state index in [4.69, 9.17) is 0 Å². The minimum atomic E-state index is -0.442. The molecule has 2 aliphatic heterocycles. The van der Waals surface area contributed by atoms with E-state index >= 15 is 0 Å². The number of benzene rings is 1. The molecule has 2 aromatic rings. The highest BCUT2D eigenvalue weighted by molar-refractivity contribution is 5.28. The fourth-order valence-corrected chi connectivity index (χ4v) is 5.27. The average Bonchev–Trinajstić information content (AvgIpc) is 3.12. The third kappa shape index (κ3) is 3.04. The second kappa shape index (κ2) is 6.69. The standard InChI is InChI=1S/C22H28N4O2/c1-14-6-15(2)8-17(7-14)9-24-11-18-12-25-20(19(18)13-24)23-26(22(28)21(25)27)10-16-4-3-5-16/h6-8,16,18-19H,3-5,9-13H2,1-2H3/t18-,19+/m0/s1. The second-order valence-electron chi connectivity index (χ2n) is 9.11. The highest BCUT2D eigenvalue weighted by Gasteiger charge is 2.42. The van der Waals surface area contributed by atoms with Crippen LogP contribution in [0.2, 0.25) is 0 Å². The van der Waals surface area contributed by atoms with Crippen molar-refractivity contribution in [3.63, 3.8) is 0 Å². The monoisotopic (exact) mass is 380 g/mol. The summed E-state index contributed by atoms with van der Waals surface area (Å²) in [5.41, 5.74) is 3.13. The van der Waals surface area contributed by atoms with Gasteiger partial charge >= 0.3 is 11.1 Å². The number of likely N-dealkylation sites (tertiary alicyclic amines) is 1. The number of nitrogens with zero attached hydrogens (tertiary/aromatic N) is 4. The van der Waals surface area contributed by atoms with Crippen LogP contribution in [-0.2, 0) is 19.6 Å². The molecule has 3 aliphatic rings. The molecule has 2 atom stereocenters. The van der Waals surface area contributed by atoms with Crippen LogP contribution in [0.25, 0.3) is 0 Å².